The third-order valence-electron chi connectivity index (χ3n) is 5.84. The Labute approximate surface area is 224 Å². The minimum atomic E-state index is -1.32. The van der Waals surface area contributed by atoms with Crippen molar-refractivity contribution in [3.05, 3.63) is 108 Å². The highest BCUT2D eigenvalue weighted by molar-refractivity contribution is 7.99. The third-order valence-corrected chi connectivity index (χ3v) is 6.89. The van der Waals surface area contributed by atoms with E-state index in [4.69, 9.17) is 18.9 Å². The first-order valence-corrected chi connectivity index (χ1v) is 13.2. The predicted octanol–water partition coefficient (Wildman–Crippen LogP) is 4.13. The largest absolute Gasteiger partial charge is 0.459 e. The maximum absolute atomic E-state index is 13.0. The molecule has 198 valence electrons. The normalized spacial score (nSPS) is 22.7. The molecule has 0 aromatic heterocycles. The van der Waals surface area contributed by atoms with Crippen molar-refractivity contribution in [1.29, 1.82) is 0 Å². The molecule has 3 aromatic carbocycles. The SMILES string of the molecule is CCS[C@@H]1O[C@H](COC(=O)c2ccccc2)[C@@H](OC(=O)c2ccccc2)[C@H](OC(=O)c2ccccc2)[C@H]1O. The fraction of sp³-hybridized carbons (Fsp3) is 0.276. The maximum atomic E-state index is 13.0. The monoisotopic (exact) mass is 536 g/mol. The molecule has 1 saturated heterocycles. The molecule has 1 aliphatic rings. The first-order chi connectivity index (χ1) is 18.5. The van der Waals surface area contributed by atoms with Crippen molar-refractivity contribution < 1.29 is 38.4 Å². The molecule has 0 radical (unpaired) electrons. The molecule has 0 bridgehead atoms. The Kier molecular flexibility index (Phi) is 9.53. The topological polar surface area (TPSA) is 108 Å². The van der Waals surface area contributed by atoms with E-state index in [1.165, 1.54) is 11.8 Å². The fourth-order valence-corrected chi connectivity index (χ4v) is 4.86. The number of benzene rings is 3. The van der Waals surface area contributed by atoms with Gasteiger partial charge in [0.15, 0.2) is 12.2 Å². The number of rotatable bonds is 9. The molecule has 1 fully saturated rings. The summed E-state index contributed by atoms with van der Waals surface area (Å²) in [6.45, 7) is 1.59. The zero-order valence-electron chi connectivity index (χ0n) is 20.7. The molecular weight excluding hydrogens is 508 g/mol. The van der Waals surface area contributed by atoms with Crippen LogP contribution in [0.1, 0.15) is 38.0 Å². The lowest BCUT2D eigenvalue weighted by atomic mass is 9.99. The molecule has 8 nitrogen and oxygen atoms in total. The quantitative estimate of drug-likeness (QED) is 0.319. The smallest absolute Gasteiger partial charge is 0.338 e. The lowest BCUT2D eigenvalue weighted by molar-refractivity contribution is -0.206. The van der Waals surface area contributed by atoms with Gasteiger partial charge < -0.3 is 24.1 Å². The van der Waals surface area contributed by atoms with Crippen LogP contribution >= 0.6 is 11.8 Å². The number of hydrogen-bond acceptors (Lipinski definition) is 9. The molecular formula is C29H28O8S. The number of carbonyl (C=O) groups excluding carboxylic acids is 3. The molecule has 1 aliphatic heterocycles. The highest BCUT2D eigenvalue weighted by atomic mass is 32.2. The third kappa shape index (κ3) is 6.80. The van der Waals surface area contributed by atoms with Gasteiger partial charge in [-0.05, 0) is 42.2 Å². The predicted molar refractivity (Wildman–Crippen MR) is 141 cm³/mol. The van der Waals surface area contributed by atoms with Crippen molar-refractivity contribution in [1.82, 2.24) is 0 Å². The van der Waals surface area contributed by atoms with Gasteiger partial charge in [-0.1, -0.05) is 61.5 Å². The van der Waals surface area contributed by atoms with E-state index in [2.05, 4.69) is 0 Å². The van der Waals surface area contributed by atoms with Crippen molar-refractivity contribution in [2.24, 2.45) is 0 Å². The van der Waals surface area contributed by atoms with E-state index in [0.717, 1.165) is 0 Å². The van der Waals surface area contributed by atoms with Crippen LogP contribution < -0.4 is 0 Å². The summed E-state index contributed by atoms with van der Waals surface area (Å²) in [7, 11) is 0. The van der Waals surface area contributed by atoms with Crippen LogP contribution in [-0.4, -0.2) is 65.2 Å². The van der Waals surface area contributed by atoms with Crippen LogP contribution in [0.25, 0.3) is 0 Å². The van der Waals surface area contributed by atoms with E-state index in [1.807, 2.05) is 6.92 Å². The average Bonchev–Trinajstić information content (AvgIpc) is 2.96. The lowest BCUT2D eigenvalue weighted by Gasteiger charge is -2.43. The summed E-state index contributed by atoms with van der Waals surface area (Å²) in [5.41, 5.74) is 0.0553. The van der Waals surface area contributed by atoms with Gasteiger partial charge in [-0.2, -0.15) is 0 Å². The molecule has 1 N–H and O–H groups in total. The van der Waals surface area contributed by atoms with Gasteiger partial charge in [0.25, 0.3) is 0 Å². The Bertz CT molecular complexity index is 1210. The van der Waals surface area contributed by atoms with Gasteiger partial charge in [0, 0.05) is 0 Å². The molecule has 1 heterocycles. The standard InChI is InChI=1S/C29H28O8S/c1-2-38-29-23(30)25(37-28(33)21-16-10-5-11-17-21)24(36-27(32)20-14-8-4-9-15-20)22(35-29)18-34-26(31)19-12-6-3-7-13-19/h3-17,22-25,29-30H,2,18H2,1H3/t22-,23-,24-,25-,29+/m1/s1. The molecule has 0 aliphatic carbocycles. The van der Waals surface area contributed by atoms with Gasteiger partial charge >= 0.3 is 17.9 Å². The molecule has 0 amide bonds. The van der Waals surface area contributed by atoms with Crippen LogP contribution in [0, 0.1) is 0 Å². The number of hydrogen-bond donors (Lipinski definition) is 1. The summed E-state index contributed by atoms with van der Waals surface area (Å²) < 4.78 is 23.1. The van der Waals surface area contributed by atoms with E-state index < -0.39 is 47.8 Å². The van der Waals surface area contributed by atoms with E-state index >= 15 is 0 Å². The van der Waals surface area contributed by atoms with Crippen molar-refractivity contribution >= 4 is 29.7 Å². The Morgan fingerprint density at radius 3 is 1.66 bits per heavy atom. The highest BCUT2D eigenvalue weighted by Crippen LogP contribution is 2.33. The van der Waals surface area contributed by atoms with Crippen molar-refractivity contribution in [3.8, 4) is 0 Å². The lowest BCUT2D eigenvalue weighted by Crippen LogP contribution is -2.60. The van der Waals surface area contributed by atoms with Crippen LogP contribution in [0.15, 0.2) is 91.0 Å². The summed E-state index contributed by atoms with van der Waals surface area (Å²) in [6.07, 6.45) is -4.88. The van der Waals surface area contributed by atoms with Gasteiger partial charge in [-0.25, -0.2) is 14.4 Å². The second kappa shape index (κ2) is 13.2. The number of ether oxygens (including phenoxy) is 4. The molecule has 0 saturated carbocycles. The Morgan fingerprint density at radius 1 is 0.737 bits per heavy atom. The molecule has 38 heavy (non-hydrogen) atoms. The Morgan fingerprint density at radius 2 is 1.18 bits per heavy atom. The van der Waals surface area contributed by atoms with Crippen molar-refractivity contribution in [3.63, 3.8) is 0 Å². The summed E-state index contributed by atoms with van der Waals surface area (Å²) in [4.78, 5) is 38.6. The molecule has 0 unspecified atom stereocenters. The second-order valence-corrected chi connectivity index (χ2v) is 9.80. The summed E-state index contributed by atoms with van der Waals surface area (Å²) in [5, 5.41) is 11.2. The number of aliphatic hydroxyl groups excluding tert-OH is 1. The molecule has 5 atom stereocenters. The Hall–Kier alpha value is -3.66. The summed E-state index contributed by atoms with van der Waals surface area (Å²) in [6, 6.07) is 25.0. The number of thioether (sulfide) groups is 1. The molecule has 4 rings (SSSR count). The first-order valence-electron chi connectivity index (χ1n) is 12.2. The first kappa shape index (κ1) is 27.4. The zero-order chi connectivity index (χ0) is 26.9. The van der Waals surface area contributed by atoms with E-state index in [1.54, 1.807) is 91.0 Å². The molecule has 0 spiro atoms. The molecule has 3 aromatic rings. The number of carbonyl (C=O) groups is 3. The van der Waals surface area contributed by atoms with E-state index in [0.29, 0.717) is 11.3 Å². The van der Waals surface area contributed by atoms with Gasteiger partial charge in [0.1, 0.15) is 24.3 Å². The van der Waals surface area contributed by atoms with Crippen LogP contribution in [0.3, 0.4) is 0 Å². The van der Waals surface area contributed by atoms with E-state index in [-0.39, 0.29) is 17.7 Å². The maximum Gasteiger partial charge on any atom is 0.338 e. The Balaban J connectivity index is 1.61. The van der Waals surface area contributed by atoms with E-state index in [9.17, 15) is 19.5 Å². The van der Waals surface area contributed by atoms with Crippen molar-refractivity contribution in [2.75, 3.05) is 12.4 Å². The van der Waals surface area contributed by atoms with Gasteiger partial charge in [0.2, 0.25) is 0 Å². The van der Waals surface area contributed by atoms with Crippen LogP contribution in [0.4, 0.5) is 0 Å². The highest BCUT2D eigenvalue weighted by Gasteiger charge is 2.50. The number of esters is 3. The van der Waals surface area contributed by atoms with Gasteiger partial charge in [-0.15, -0.1) is 11.8 Å². The molecule has 9 heteroatoms. The summed E-state index contributed by atoms with van der Waals surface area (Å²) >= 11 is 1.29. The van der Waals surface area contributed by atoms with Crippen LogP contribution in [0.2, 0.25) is 0 Å². The zero-order valence-corrected chi connectivity index (χ0v) is 21.5. The minimum absolute atomic E-state index is 0.264. The number of aliphatic hydroxyl groups is 1. The van der Waals surface area contributed by atoms with Gasteiger partial charge in [-0.3, -0.25) is 0 Å². The average molecular weight is 537 g/mol. The van der Waals surface area contributed by atoms with Crippen LogP contribution in [-0.2, 0) is 18.9 Å². The second-order valence-electron chi connectivity index (χ2n) is 8.43. The van der Waals surface area contributed by atoms with Crippen LogP contribution in [0.5, 0.6) is 0 Å². The van der Waals surface area contributed by atoms with Crippen molar-refractivity contribution in [2.45, 2.75) is 36.8 Å². The minimum Gasteiger partial charge on any atom is -0.459 e. The summed E-state index contributed by atoms with van der Waals surface area (Å²) in [5.74, 6) is -1.40. The fourth-order valence-electron chi connectivity index (χ4n) is 3.95. The van der Waals surface area contributed by atoms with Gasteiger partial charge in [0.05, 0.1) is 16.7 Å².